The highest BCUT2D eigenvalue weighted by molar-refractivity contribution is 8.01. The second kappa shape index (κ2) is 6.89. The van der Waals surface area contributed by atoms with E-state index in [0.29, 0.717) is 4.34 Å². The maximum Gasteiger partial charge on any atom is 0.263 e. The number of rotatable bonds is 6. The number of aryl methyl sites for hydroxylation is 1. The quantitative estimate of drug-likeness (QED) is 0.812. The molecular weight excluding hydrogens is 328 g/mol. The van der Waals surface area contributed by atoms with Crippen LogP contribution in [0.2, 0.25) is 0 Å². The van der Waals surface area contributed by atoms with Gasteiger partial charge in [0.15, 0.2) is 4.34 Å². The van der Waals surface area contributed by atoms with Crippen LogP contribution in [0.5, 0.6) is 0 Å². The molecule has 2 aromatic rings. The Morgan fingerprint density at radius 2 is 2.05 bits per heavy atom. The van der Waals surface area contributed by atoms with E-state index in [4.69, 9.17) is 5.26 Å². The van der Waals surface area contributed by atoms with E-state index >= 15 is 0 Å². The van der Waals surface area contributed by atoms with Crippen molar-refractivity contribution in [3.05, 3.63) is 29.8 Å². The maximum absolute atomic E-state index is 12.2. The molecule has 2 rings (SSSR count). The van der Waals surface area contributed by atoms with Crippen molar-refractivity contribution >= 4 is 38.3 Å². The first-order chi connectivity index (χ1) is 10.0. The molecule has 0 amide bonds. The van der Waals surface area contributed by atoms with Gasteiger partial charge in [0.05, 0.1) is 16.7 Å². The Bertz CT molecular complexity index is 748. The summed E-state index contributed by atoms with van der Waals surface area (Å²) >= 11 is 2.32. The molecule has 21 heavy (non-hydrogen) atoms. The third kappa shape index (κ3) is 4.17. The molecule has 0 aliphatic rings. The van der Waals surface area contributed by atoms with Crippen LogP contribution in [0, 0.1) is 11.3 Å². The number of nitriles is 1. The topological polar surface area (TPSA) is 95.7 Å². The fourth-order valence-corrected chi connectivity index (χ4v) is 4.12. The predicted octanol–water partition coefficient (Wildman–Crippen LogP) is 2.52. The lowest BCUT2D eigenvalue weighted by molar-refractivity contribution is 0.601. The summed E-state index contributed by atoms with van der Waals surface area (Å²) in [6, 6.07) is 8.66. The van der Waals surface area contributed by atoms with E-state index in [9.17, 15) is 8.42 Å². The molecule has 0 saturated carbocycles. The minimum absolute atomic E-state index is 0.182. The van der Waals surface area contributed by atoms with Gasteiger partial charge in [0, 0.05) is 0 Å². The highest BCUT2D eigenvalue weighted by Gasteiger charge is 2.16. The highest BCUT2D eigenvalue weighted by Crippen LogP contribution is 2.26. The number of nitrogens with one attached hydrogen (secondary N) is 1. The van der Waals surface area contributed by atoms with E-state index in [1.807, 2.05) is 13.0 Å². The zero-order valence-corrected chi connectivity index (χ0v) is 13.6. The molecule has 6 nitrogen and oxygen atoms in total. The van der Waals surface area contributed by atoms with Gasteiger partial charge in [-0.25, -0.2) is 8.42 Å². The number of nitrogens with zero attached hydrogens (tertiary/aromatic N) is 3. The van der Waals surface area contributed by atoms with Crippen molar-refractivity contribution in [1.29, 1.82) is 5.26 Å². The van der Waals surface area contributed by atoms with Crippen molar-refractivity contribution in [1.82, 2.24) is 10.2 Å². The molecule has 110 valence electrons. The average Bonchev–Trinajstić information content (AvgIpc) is 2.92. The van der Waals surface area contributed by atoms with Crippen LogP contribution >= 0.6 is 23.1 Å². The average molecular weight is 340 g/mol. The summed E-state index contributed by atoms with van der Waals surface area (Å²) in [5.74, 6) is 0.250. The van der Waals surface area contributed by atoms with Crippen LogP contribution in [0.15, 0.2) is 33.5 Å². The standard InChI is InChI=1S/C12H12N4O2S3/c1-2-9-3-5-10(6-4-9)21(17,18)16-11-14-15-12(20-11)19-8-7-13/h3-6H,2,8H2,1H3,(H,14,16). The van der Waals surface area contributed by atoms with Crippen molar-refractivity contribution in [2.75, 3.05) is 10.5 Å². The predicted molar refractivity (Wildman–Crippen MR) is 82.9 cm³/mol. The molecule has 0 unspecified atom stereocenters. The summed E-state index contributed by atoms with van der Waals surface area (Å²) in [6.07, 6.45) is 0.851. The van der Waals surface area contributed by atoms with Crippen molar-refractivity contribution in [3.63, 3.8) is 0 Å². The molecule has 0 spiro atoms. The van der Waals surface area contributed by atoms with E-state index in [2.05, 4.69) is 14.9 Å². The third-order valence-electron chi connectivity index (χ3n) is 2.53. The summed E-state index contributed by atoms with van der Waals surface area (Å²) in [5.41, 5.74) is 1.07. The van der Waals surface area contributed by atoms with Crippen LogP contribution in [0.3, 0.4) is 0 Å². The second-order valence-electron chi connectivity index (χ2n) is 3.92. The first kappa shape index (κ1) is 15.8. The van der Waals surface area contributed by atoms with Crippen LogP contribution in [0.25, 0.3) is 0 Å². The van der Waals surface area contributed by atoms with Gasteiger partial charge in [-0.3, -0.25) is 4.72 Å². The molecule has 1 N–H and O–H groups in total. The SMILES string of the molecule is CCc1ccc(S(=O)(=O)Nc2nnc(SCC#N)s2)cc1. The Labute approximate surface area is 131 Å². The molecule has 1 heterocycles. The molecule has 1 aromatic carbocycles. The fourth-order valence-electron chi connectivity index (χ4n) is 1.48. The summed E-state index contributed by atoms with van der Waals surface area (Å²) in [6.45, 7) is 2.00. The zero-order valence-electron chi connectivity index (χ0n) is 11.1. The van der Waals surface area contributed by atoms with Gasteiger partial charge in [-0.1, -0.05) is 42.2 Å². The van der Waals surface area contributed by atoms with Gasteiger partial charge in [0.1, 0.15) is 0 Å². The second-order valence-corrected chi connectivity index (χ2v) is 7.81. The molecule has 0 bridgehead atoms. The van der Waals surface area contributed by atoms with Gasteiger partial charge in [-0.15, -0.1) is 10.2 Å². The van der Waals surface area contributed by atoms with Crippen LogP contribution < -0.4 is 4.72 Å². The van der Waals surface area contributed by atoms with Crippen LogP contribution in [-0.4, -0.2) is 24.4 Å². The van der Waals surface area contributed by atoms with Crippen molar-refractivity contribution in [2.24, 2.45) is 0 Å². The lowest BCUT2D eigenvalue weighted by Crippen LogP contribution is -2.12. The van der Waals surface area contributed by atoms with E-state index < -0.39 is 10.0 Å². The molecule has 9 heteroatoms. The Balaban J connectivity index is 2.13. The maximum atomic E-state index is 12.2. The summed E-state index contributed by atoms with van der Waals surface area (Å²) in [7, 11) is -3.66. The molecule has 0 saturated heterocycles. The van der Waals surface area contributed by atoms with Gasteiger partial charge in [0.25, 0.3) is 10.0 Å². The number of hydrogen-bond donors (Lipinski definition) is 1. The molecular formula is C12H12N4O2S3. The normalized spacial score (nSPS) is 11.0. The van der Waals surface area contributed by atoms with Gasteiger partial charge >= 0.3 is 0 Å². The lowest BCUT2D eigenvalue weighted by atomic mass is 10.2. The Morgan fingerprint density at radius 3 is 2.67 bits per heavy atom. The van der Waals surface area contributed by atoms with E-state index in [1.54, 1.807) is 24.3 Å². The number of aromatic nitrogens is 2. The Morgan fingerprint density at radius 1 is 1.33 bits per heavy atom. The van der Waals surface area contributed by atoms with Crippen molar-refractivity contribution in [3.8, 4) is 6.07 Å². The Kier molecular flexibility index (Phi) is 5.17. The number of sulfonamides is 1. The molecule has 0 aliphatic heterocycles. The fraction of sp³-hybridized carbons (Fsp3) is 0.250. The van der Waals surface area contributed by atoms with Gasteiger partial charge < -0.3 is 0 Å². The van der Waals surface area contributed by atoms with Crippen LogP contribution in [-0.2, 0) is 16.4 Å². The van der Waals surface area contributed by atoms with Gasteiger partial charge in [-0.05, 0) is 24.1 Å². The number of anilines is 1. The Hall–Kier alpha value is -1.63. The van der Waals surface area contributed by atoms with Crippen molar-refractivity contribution in [2.45, 2.75) is 22.6 Å². The molecule has 0 radical (unpaired) electrons. The van der Waals surface area contributed by atoms with Crippen LogP contribution in [0.4, 0.5) is 5.13 Å². The van der Waals surface area contributed by atoms with Crippen LogP contribution in [0.1, 0.15) is 12.5 Å². The number of hydrogen-bond acceptors (Lipinski definition) is 7. The molecule has 0 aliphatic carbocycles. The molecule has 0 fully saturated rings. The largest absolute Gasteiger partial charge is 0.263 e. The monoisotopic (exact) mass is 340 g/mol. The molecule has 1 aromatic heterocycles. The summed E-state index contributed by atoms with van der Waals surface area (Å²) < 4.78 is 27.3. The minimum atomic E-state index is -3.66. The zero-order chi connectivity index (χ0) is 15.3. The van der Waals surface area contributed by atoms with E-state index in [-0.39, 0.29) is 15.8 Å². The smallest absolute Gasteiger partial charge is 0.253 e. The first-order valence-corrected chi connectivity index (χ1v) is 9.28. The van der Waals surface area contributed by atoms with Crippen molar-refractivity contribution < 1.29 is 8.42 Å². The molecule has 0 atom stereocenters. The van der Waals surface area contributed by atoms with E-state index in [0.717, 1.165) is 23.3 Å². The highest BCUT2D eigenvalue weighted by atomic mass is 32.2. The first-order valence-electron chi connectivity index (χ1n) is 6.00. The van der Waals surface area contributed by atoms with Gasteiger partial charge in [0.2, 0.25) is 5.13 Å². The minimum Gasteiger partial charge on any atom is -0.253 e. The summed E-state index contributed by atoms with van der Waals surface area (Å²) in [5, 5.41) is 16.2. The number of thioether (sulfide) groups is 1. The third-order valence-corrected chi connectivity index (χ3v) is 5.85. The summed E-state index contributed by atoms with van der Waals surface area (Å²) in [4.78, 5) is 0.182. The van der Waals surface area contributed by atoms with E-state index in [1.165, 1.54) is 11.8 Å². The number of benzene rings is 1. The van der Waals surface area contributed by atoms with Gasteiger partial charge in [-0.2, -0.15) is 5.26 Å². The lowest BCUT2D eigenvalue weighted by Gasteiger charge is -2.05.